The van der Waals surface area contributed by atoms with Crippen LogP contribution in [0.4, 0.5) is 0 Å². The molecule has 0 radical (unpaired) electrons. The van der Waals surface area contributed by atoms with Crippen LogP contribution >= 0.6 is 11.6 Å². The van der Waals surface area contributed by atoms with Gasteiger partial charge >= 0.3 is 5.97 Å². The number of carbonyl (C=O) groups is 5. The summed E-state index contributed by atoms with van der Waals surface area (Å²) in [6.45, 7) is 3.28. The molecule has 5 atom stereocenters. The summed E-state index contributed by atoms with van der Waals surface area (Å²) in [6, 6.07) is 13.3. The number of carbonyl (C=O) groups excluding carboxylic acids is 4. The van der Waals surface area contributed by atoms with E-state index in [1.807, 2.05) is 42.5 Å². The molecule has 0 spiro atoms. The van der Waals surface area contributed by atoms with Gasteiger partial charge < -0.3 is 36.0 Å². The topological polar surface area (TPSA) is 171 Å². The zero-order valence-electron chi connectivity index (χ0n) is 27.1. The monoisotopic (exact) mass is 659 g/mol. The van der Waals surface area contributed by atoms with Gasteiger partial charge in [-0.25, -0.2) is 0 Å². The van der Waals surface area contributed by atoms with Crippen LogP contribution in [0.25, 0.3) is 0 Å². The molecule has 0 unspecified atom stereocenters. The molecule has 0 bridgehead atoms. The lowest BCUT2D eigenvalue weighted by atomic mass is 9.94. The average Bonchev–Trinajstić information content (AvgIpc) is 3.02. The van der Waals surface area contributed by atoms with Crippen molar-refractivity contribution >= 4 is 41.2 Å². The molecular formula is C33H46ClN5O7. The molecule has 13 heteroatoms. The highest BCUT2D eigenvalue weighted by Gasteiger charge is 2.31. The summed E-state index contributed by atoms with van der Waals surface area (Å²) in [7, 11) is 4.55. The smallest absolute Gasteiger partial charge is 0.304 e. The fourth-order valence-electron chi connectivity index (χ4n) is 4.85. The predicted octanol–water partition coefficient (Wildman–Crippen LogP) is 1.87. The third-order valence-corrected chi connectivity index (χ3v) is 8.01. The number of ether oxygens (including phenoxy) is 1. The van der Waals surface area contributed by atoms with Crippen molar-refractivity contribution < 1.29 is 33.8 Å². The minimum Gasteiger partial charge on any atom is -0.481 e. The second kappa shape index (κ2) is 18.8. The largest absolute Gasteiger partial charge is 0.481 e. The lowest BCUT2D eigenvalue weighted by molar-refractivity contribution is -0.144. The number of halogens is 1. The Morgan fingerprint density at radius 1 is 0.891 bits per heavy atom. The summed E-state index contributed by atoms with van der Waals surface area (Å²) in [4.78, 5) is 66.7. The number of carboxylic acid groups (broad SMARTS) is 1. The number of hydrogen-bond donors (Lipinski definition) is 4. The van der Waals surface area contributed by atoms with Crippen molar-refractivity contribution in [2.45, 2.75) is 63.7 Å². The first-order valence-electron chi connectivity index (χ1n) is 15.1. The summed E-state index contributed by atoms with van der Waals surface area (Å²) in [5, 5.41) is 15.4. The summed E-state index contributed by atoms with van der Waals surface area (Å²) in [5.74, 6) is -3.51. The lowest BCUT2D eigenvalue weighted by Gasteiger charge is -2.32. The standard InChI is InChI=1S/C33H46ClN5O7/c1-21(38(3)32(44)25(17-30(41)42)15-23-9-7-6-8-10-23)19-36-29(40)18-27(16-24-11-13-26(34)14-12-24)39(4)33(45)28(20-46-5)37-31(43)22(2)35/h6-14,21-22,25,27-28H,15-20,35H2,1-5H3,(H,36,40)(H,37,43)(H,41,42)/t21-,22-,25+,27-,28-/m0/s1. The summed E-state index contributed by atoms with van der Waals surface area (Å²) < 4.78 is 5.16. The molecule has 5 N–H and O–H groups in total. The highest BCUT2D eigenvalue weighted by atomic mass is 35.5. The van der Waals surface area contributed by atoms with Gasteiger partial charge in [0.1, 0.15) is 6.04 Å². The van der Waals surface area contributed by atoms with E-state index < -0.39 is 47.9 Å². The first kappa shape index (κ1) is 38.2. The number of nitrogens with one attached hydrogen (secondary N) is 2. The van der Waals surface area contributed by atoms with Crippen molar-refractivity contribution in [3.8, 4) is 0 Å². The third kappa shape index (κ3) is 12.4. The molecule has 46 heavy (non-hydrogen) atoms. The Kier molecular flexibility index (Phi) is 15.6. The zero-order chi connectivity index (χ0) is 34.4. The van der Waals surface area contributed by atoms with Crippen LogP contribution < -0.4 is 16.4 Å². The maximum absolute atomic E-state index is 13.5. The van der Waals surface area contributed by atoms with Crippen LogP contribution in [0.5, 0.6) is 0 Å². The van der Waals surface area contributed by atoms with Crippen LogP contribution in [0.3, 0.4) is 0 Å². The van der Waals surface area contributed by atoms with E-state index in [1.54, 1.807) is 33.2 Å². The molecule has 0 saturated carbocycles. The predicted molar refractivity (Wildman–Crippen MR) is 175 cm³/mol. The highest BCUT2D eigenvalue weighted by molar-refractivity contribution is 6.30. The van der Waals surface area contributed by atoms with Gasteiger partial charge in [0.15, 0.2) is 0 Å². The third-order valence-electron chi connectivity index (χ3n) is 7.76. The highest BCUT2D eigenvalue weighted by Crippen LogP contribution is 2.18. The van der Waals surface area contributed by atoms with Crippen molar-refractivity contribution in [2.24, 2.45) is 11.7 Å². The number of nitrogens with two attached hydrogens (primary N) is 1. The van der Waals surface area contributed by atoms with Crippen LogP contribution in [-0.2, 0) is 41.6 Å². The fourth-order valence-corrected chi connectivity index (χ4v) is 4.98. The number of carboxylic acids is 1. The van der Waals surface area contributed by atoms with Crippen molar-refractivity contribution in [3.63, 3.8) is 0 Å². The maximum Gasteiger partial charge on any atom is 0.304 e. The molecule has 0 aromatic heterocycles. The van der Waals surface area contributed by atoms with E-state index in [1.165, 1.54) is 23.8 Å². The second-order valence-corrected chi connectivity index (χ2v) is 12.0. The van der Waals surface area contributed by atoms with E-state index in [9.17, 15) is 29.1 Å². The minimum absolute atomic E-state index is 0.0775. The molecule has 0 heterocycles. The van der Waals surface area contributed by atoms with Crippen LogP contribution in [0, 0.1) is 5.92 Å². The van der Waals surface area contributed by atoms with E-state index in [0.29, 0.717) is 11.4 Å². The van der Waals surface area contributed by atoms with Gasteiger partial charge in [0.25, 0.3) is 0 Å². The van der Waals surface area contributed by atoms with Crippen LogP contribution in [0.2, 0.25) is 5.02 Å². The van der Waals surface area contributed by atoms with E-state index >= 15 is 0 Å². The molecular weight excluding hydrogens is 614 g/mol. The van der Waals surface area contributed by atoms with Crippen LogP contribution in [-0.4, -0.2) is 103 Å². The Balaban J connectivity index is 2.14. The molecule has 0 fully saturated rings. The molecule has 0 aliphatic rings. The number of aliphatic carboxylic acids is 1. The first-order valence-corrected chi connectivity index (χ1v) is 15.5. The van der Waals surface area contributed by atoms with Gasteiger partial charge in [0.05, 0.1) is 25.0 Å². The first-order chi connectivity index (χ1) is 21.7. The Morgan fingerprint density at radius 3 is 2.07 bits per heavy atom. The zero-order valence-corrected chi connectivity index (χ0v) is 27.8. The summed E-state index contributed by atoms with van der Waals surface area (Å²) in [6.07, 6.45) is 0.194. The number of amides is 4. The van der Waals surface area contributed by atoms with Gasteiger partial charge in [-0.15, -0.1) is 0 Å². The Hall–Kier alpha value is -4.00. The maximum atomic E-state index is 13.5. The number of likely N-dealkylation sites (N-methyl/N-ethyl adjacent to an activating group) is 2. The SMILES string of the molecule is COC[C@H](NC(=O)[C@H](C)N)C(=O)N(C)[C@H](CC(=O)NC[C@H](C)N(C)C(=O)[C@@H](CC(=O)O)Cc1ccccc1)Cc1ccc(Cl)cc1. The number of rotatable bonds is 18. The number of methoxy groups -OCH3 is 1. The molecule has 2 aromatic rings. The molecule has 0 saturated heterocycles. The van der Waals surface area contributed by atoms with E-state index in [2.05, 4.69) is 10.6 Å². The quantitative estimate of drug-likeness (QED) is 0.188. The number of hydrogen-bond acceptors (Lipinski definition) is 7. The van der Waals surface area contributed by atoms with Crippen molar-refractivity contribution in [1.82, 2.24) is 20.4 Å². The van der Waals surface area contributed by atoms with Gasteiger partial charge in [0.2, 0.25) is 23.6 Å². The van der Waals surface area contributed by atoms with E-state index in [0.717, 1.165) is 11.1 Å². The molecule has 4 amide bonds. The Labute approximate surface area is 275 Å². The summed E-state index contributed by atoms with van der Waals surface area (Å²) in [5.41, 5.74) is 7.37. The van der Waals surface area contributed by atoms with E-state index in [4.69, 9.17) is 22.1 Å². The lowest BCUT2D eigenvalue weighted by Crippen LogP contribution is -2.55. The second-order valence-electron chi connectivity index (χ2n) is 11.5. The van der Waals surface area contributed by atoms with Gasteiger partial charge in [0, 0.05) is 51.3 Å². The van der Waals surface area contributed by atoms with Gasteiger partial charge in [-0.2, -0.15) is 0 Å². The molecule has 2 rings (SSSR count). The summed E-state index contributed by atoms with van der Waals surface area (Å²) >= 11 is 6.05. The molecule has 0 aliphatic heterocycles. The molecule has 252 valence electrons. The minimum atomic E-state index is -1.07. The van der Waals surface area contributed by atoms with Crippen molar-refractivity contribution in [3.05, 3.63) is 70.7 Å². The van der Waals surface area contributed by atoms with E-state index in [-0.39, 0.29) is 44.2 Å². The van der Waals surface area contributed by atoms with Crippen molar-refractivity contribution in [1.29, 1.82) is 0 Å². The van der Waals surface area contributed by atoms with Crippen LogP contribution in [0.1, 0.15) is 37.8 Å². The van der Waals surface area contributed by atoms with Gasteiger partial charge in [-0.05, 0) is 49.9 Å². The van der Waals surface area contributed by atoms with Gasteiger partial charge in [-0.1, -0.05) is 54.1 Å². The van der Waals surface area contributed by atoms with Crippen LogP contribution in [0.15, 0.2) is 54.6 Å². The molecule has 12 nitrogen and oxygen atoms in total. The Bertz CT molecular complexity index is 1310. The number of nitrogens with zero attached hydrogens (tertiary/aromatic N) is 2. The molecule has 2 aromatic carbocycles. The number of benzene rings is 2. The average molecular weight is 660 g/mol. The van der Waals surface area contributed by atoms with Gasteiger partial charge in [-0.3, -0.25) is 24.0 Å². The Morgan fingerprint density at radius 2 is 1.50 bits per heavy atom. The normalized spacial score (nSPS) is 14.2. The fraction of sp³-hybridized carbons (Fsp3) is 0.485. The van der Waals surface area contributed by atoms with Crippen molar-refractivity contribution in [2.75, 3.05) is 34.4 Å². The molecule has 0 aliphatic carbocycles.